The van der Waals surface area contributed by atoms with Gasteiger partial charge in [0.1, 0.15) is 4.90 Å². The lowest BCUT2D eigenvalue weighted by atomic mass is 10.3. The summed E-state index contributed by atoms with van der Waals surface area (Å²) in [5.74, 6) is -1.76. The highest BCUT2D eigenvalue weighted by Gasteiger charge is 2.20. The summed E-state index contributed by atoms with van der Waals surface area (Å²) in [7, 11) is 0. The quantitative estimate of drug-likeness (QED) is 0.446. The maximum Gasteiger partial charge on any atom is 0.286 e. The Morgan fingerprint density at radius 2 is 2.14 bits per heavy atom. The van der Waals surface area contributed by atoms with Crippen LogP contribution in [0.4, 0.5) is 14.5 Å². The molecule has 0 radical (unpaired) electrons. The second-order valence-electron chi connectivity index (χ2n) is 2.40. The molecule has 0 atom stereocenters. The monoisotopic (exact) mass is 219 g/mol. The third-order valence-corrected chi connectivity index (χ3v) is 2.48. The highest BCUT2D eigenvalue weighted by Crippen LogP contribution is 2.32. The predicted octanol–water partition coefficient (Wildman–Crippen LogP) is 2.99. The van der Waals surface area contributed by atoms with Crippen LogP contribution in [0.15, 0.2) is 17.0 Å². The highest BCUT2D eigenvalue weighted by atomic mass is 32.2. The van der Waals surface area contributed by atoms with E-state index in [-0.39, 0.29) is 4.90 Å². The number of nitrogens with zero attached hydrogens (tertiary/aromatic N) is 1. The first-order valence-corrected chi connectivity index (χ1v) is 4.81. The normalized spacial score (nSPS) is 10.2. The Hall–Kier alpha value is -1.17. The van der Waals surface area contributed by atoms with Gasteiger partial charge in [-0.05, 0) is 11.8 Å². The van der Waals surface area contributed by atoms with Gasteiger partial charge >= 0.3 is 0 Å². The van der Waals surface area contributed by atoms with E-state index in [9.17, 15) is 18.9 Å². The molecule has 0 amide bonds. The van der Waals surface area contributed by atoms with E-state index in [1.807, 2.05) is 0 Å². The van der Waals surface area contributed by atoms with Crippen molar-refractivity contribution in [3.8, 4) is 0 Å². The second kappa shape index (κ2) is 4.36. The van der Waals surface area contributed by atoms with Crippen LogP contribution in [0.1, 0.15) is 6.92 Å². The van der Waals surface area contributed by atoms with Gasteiger partial charge in [0, 0.05) is 6.07 Å². The summed E-state index contributed by atoms with van der Waals surface area (Å²) in [4.78, 5) is 9.50. The molecule has 0 aliphatic heterocycles. The van der Waals surface area contributed by atoms with Crippen molar-refractivity contribution in [2.45, 2.75) is 11.8 Å². The largest absolute Gasteiger partial charge is 0.286 e. The lowest BCUT2D eigenvalue weighted by Crippen LogP contribution is -1.96. The molecule has 0 saturated heterocycles. The van der Waals surface area contributed by atoms with E-state index < -0.39 is 22.2 Å². The van der Waals surface area contributed by atoms with Gasteiger partial charge in [0.05, 0.1) is 4.92 Å². The van der Waals surface area contributed by atoms with Crippen LogP contribution in [0.25, 0.3) is 0 Å². The van der Waals surface area contributed by atoms with Crippen LogP contribution < -0.4 is 0 Å². The first-order chi connectivity index (χ1) is 6.57. The topological polar surface area (TPSA) is 43.1 Å². The lowest BCUT2D eigenvalue weighted by molar-refractivity contribution is -0.388. The van der Waals surface area contributed by atoms with Crippen molar-refractivity contribution in [1.29, 1.82) is 0 Å². The molecule has 1 aromatic rings. The van der Waals surface area contributed by atoms with Gasteiger partial charge in [0.25, 0.3) is 5.69 Å². The Bertz CT molecular complexity index is 371. The number of hydrogen-bond donors (Lipinski definition) is 0. The molecule has 0 aliphatic carbocycles. The van der Waals surface area contributed by atoms with Crippen LogP contribution in [0.5, 0.6) is 0 Å². The van der Waals surface area contributed by atoms with Crippen LogP contribution in [0.3, 0.4) is 0 Å². The van der Waals surface area contributed by atoms with Crippen molar-refractivity contribution in [3.63, 3.8) is 0 Å². The maximum atomic E-state index is 13.1. The molecule has 76 valence electrons. The van der Waals surface area contributed by atoms with E-state index >= 15 is 0 Å². The van der Waals surface area contributed by atoms with Crippen molar-refractivity contribution < 1.29 is 13.7 Å². The SMILES string of the molecule is CCSc1c([N+](=O)[O-])ccc(F)c1F. The Labute approximate surface area is 83.3 Å². The number of rotatable bonds is 3. The van der Waals surface area contributed by atoms with Crippen molar-refractivity contribution in [1.82, 2.24) is 0 Å². The van der Waals surface area contributed by atoms with Crippen LogP contribution in [-0.2, 0) is 0 Å². The fourth-order valence-corrected chi connectivity index (χ4v) is 1.75. The van der Waals surface area contributed by atoms with Gasteiger partial charge in [-0.15, -0.1) is 11.8 Å². The number of nitro groups is 1. The first-order valence-electron chi connectivity index (χ1n) is 3.83. The number of halogens is 2. The minimum atomic E-state index is -1.15. The standard InChI is InChI=1S/C8H7F2NO2S/c1-2-14-8-6(11(12)13)4-3-5(9)7(8)10/h3-4H,2H2,1H3. The van der Waals surface area contributed by atoms with Gasteiger partial charge in [0.15, 0.2) is 11.6 Å². The third kappa shape index (κ3) is 2.01. The molecule has 6 heteroatoms. The predicted molar refractivity (Wildman–Crippen MR) is 49.4 cm³/mol. The Morgan fingerprint density at radius 1 is 1.50 bits per heavy atom. The Morgan fingerprint density at radius 3 is 2.64 bits per heavy atom. The van der Waals surface area contributed by atoms with E-state index in [0.717, 1.165) is 23.9 Å². The molecule has 0 aromatic heterocycles. The van der Waals surface area contributed by atoms with Crippen molar-refractivity contribution in [2.75, 3.05) is 5.75 Å². The second-order valence-corrected chi connectivity index (χ2v) is 3.67. The zero-order valence-electron chi connectivity index (χ0n) is 7.29. The Balaban J connectivity index is 3.29. The van der Waals surface area contributed by atoms with Crippen molar-refractivity contribution >= 4 is 17.4 Å². The van der Waals surface area contributed by atoms with E-state index in [4.69, 9.17) is 0 Å². The Kier molecular flexibility index (Phi) is 3.40. The van der Waals surface area contributed by atoms with Gasteiger partial charge in [-0.1, -0.05) is 6.92 Å². The molecule has 3 nitrogen and oxygen atoms in total. The summed E-state index contributed by atoms with van der Waals surface area (Å²) < 4.78 is 25.8. The van der Waals surface area contributed by atoms with E-state index in [1.54, 1.807) is 6.92 Å². The smallest absolute Gasteiger partial charge is 0.258 e. The van der Waals surface area contributed by atoms with Crippen molar-refractivity contribution in [3.05, 3.63) is 33.9 Å². The third-order valence-electron chi connectivity index (χ3n) is 1.51. The number of hydrogen-bond acceptors (Lipinski definition) is 3. The number of thioether (sulfide) groups is 1. The average Bonchev–Trinajstić information content (AvgIpc) is 2.13. The number of benzene rings is 1. The molecule has 0 unspecified atom stereocenters. The molecule has 1 rings (SSSR count). The van der Waals surface area contributed by atoms with Gasteiger partial charge in [-0.2, -0.15) is 0 Å². The van der Waals surface area contributed by atoms with Gasteiger partial charge in [0.2, 0.25) is 0 Å². The van der Waals surface area contributed by atoms with Crippen molar-refractivity contribution in [2.24, 2.45) is 0 Å². The van der Waals surface area contributed by atoms with Crippen LogP contribution >= 0.6 is 11.8 Å². The van der Waals surface area contributed by atoms with E-state index in [1.165, 1.54) is 0 Å². The minimum Gasteiger partial charge on any atom is -0.258 e. The van der Waals surface area contributed by atoms with Gasteiger partial charge < -0.3 is 0 Å². The molecule has 0 heterocycles. The fourth-order valence-electron chi connectivity index (χ4n) is 0.947. The molecular weight excluding hydrogens is 212 g/mol. The van der Waals surface area contributed by atoms with E-state index in [0.29, 0.717) is 5.75 Å². The van der Waals surface area contributed by atoms with E-state index in [2.05, 4.69) is 0 Å². The summed E-state index contributed by atoms with van der Waals surface area (Å²) in [6.45, 7) is 1.71. The highest BCUT2D eigenvalue weighted by molar-refractivity contribution is 7.99. The van der Waals surface area contributed by atoms with Crippen LogP contribution in [-0.4, -0.2) is 10.7 Å². The van der Waals surface area contributed by atoms with Crippen LogP contribution in [0, 0.1) is 21.7 Å². The first kappa shape index (κ1) is 10.9. The summed E-state index contributed by atoms with van der Waals surface area (Å²) in [6.07, 6.45) is 0. The van der Waals surface area contributed by atoms with Crippen LogP contribution in [0.2, 0.25) is 0 Å². The zero-order valence-corrected chi connectivity index (χ0v) is 8.11. The average molecular weight is 219 g/mol. The molecule has 0 N–H and O–H groups in total. The van der Waals surface area contributed by atoms with Gasteiger partial charge in [-0.25, -0.2) is 8.78 Å². The summed E-state index contributed by atoms with van der Waals surface area (Å²) in [5, 5.41) is 10.5. The summed E-state index contributed by atoms with van der Waals surface area (Å²) in [5.41, 5.74) is -0.393. The molecule has 0 bridgehead atoms. The summed E-state index contributed by atoms with van der Waals surface area (Å²) >= 11 is 0.914. The molecule has 14 heavy (non-hydrogen) atoms. The number of nitro benzene ring substituents is 1. The molecular formula is C8H7F2NO2S. The molecule has 0 fully saturated rings. The zero-order chi connectivity index (χ0) is 10.7. The van der Waals surface area contributed by atoms with Gasteiger partial charge in [-0.3, -0.25) is 10.1 Å². The lowest BCUT2D eigenvalue weighted by Gasteiger charge is -2.02. The minimum absolute atomic E-state index is 0.238. The molecule has 0 saturated carbocycles. The molecule has 0 spiro atoms. The fraction of sp³-hybridized carbons (Fsp3) is 0.250. The molecule has 0 aliphatic rings. The summed E-state index contributed by atoms with van der Waals surface area (Å²) in [6, 6.07) is 1.73. The maximum absolute atomic E-state index is 13.1. The molecule has 1 aromatic carbocycles.